The van der Waals surface area contributed by atoms with Crippen LogP contribution in [0.5, 0.6) is 0 Å². The second kappa shape index (κ2) is 7.36. The maximum Gasteiger partial charge on any atom is 0.218 e. The zero-order chi connectivity index (χ0) is 16.9. The molecule has 1 aliphatic rings. The van der Waals surface area contributed by atoms with Gasteiger partial charge in [-0.2, -0.15) is 0 Å². The van der Waals surface area contributed by atoms with Gasteiger partial charge >= 0.3 is 0 Å². The molecule has 0 unspecified atom stereocenters. The van der Waals surface area contributed by atoms with Crippen molar-refractivity contribution in [3.05, 3.63) is 83.9 Å². The highest BCUT2D eigenvalue weighted by molar-refractivity contribution is 5.83. The first-order valence-electron chi connectivity index (χ1n) is 8.59. The summed E-state index contributed by atoms with van der Waals surface area (Å²) >= 11 is 0. The minimum atomic E-state index is 0.553. The zero-order valence-corrected chi connectivity index (χ0v) is 14.1. The average Bonchev–Trinajstić information content (AvgIpc) is 3.13. The molecule has 4 heteroatoms. The van der Waals surface area contributed by atoms with Crippen LogP contribution in [-0.4, -0.2) is 24.1 Å². The molecule has 0 aromatic heterocycles. The third-order valence-electron chi connectivity index (χ3n) is 4.30. The van der Waals surface area contributed by atoms with Gasteiger partial charge in [-0.3, -0.25) is 4.84 Å². The van der Waals surface area contributed by atoms with Crippen molar-refractivity contribution in [3.8, 4) is 0 Å². The molecule has 0 atom stereocenters. The molecule has 3 aromatic rings. The van der Waals surface area contributed by atoms with Gasteiger partial charge in [0.15, 0.2) is 0 Å². The standard InChI is InChI=1S/C21H21N3O/c1-2-6-17(7-3-1)16-25-24-13-12-22-21(24)23-15-18-10-11-19-8-4-5-9-20(19)14-18/h1-11,14H,12-13,15-16H2,(H,22,23). The highest BCUT2D eigenvalue weighted by Crippen LogP contribution is 2.16. The van der Waals surface area contributed by atoms with E-state index in [4.69, 9.17) is 4.84 Å². The van der Waals surface area contributed by atoms with Gasteiger partial charge in [-0.1, -0.05) is 66.7 Å². The van der Waals surface area contributed by atoms with E-state index in [2.05, 4.69) is 64.9 Å². The molecular weight excluding hydrogens is 310 g/mol. The van der Waals surface area contributed by atoms with E-state index in [0.29, 0.717) is 6.61 Å². The number of guanidine groups is 1. The van der Waals surface area contributed by atoms with Crippen LogP contribution in [0.4, 0.5) is 0 Å². The molecule has 0 aliphatic carbocycles. The lowest BCUT2D eigenvalue weighted by atomic mass is 10.1. The quantitative estimate of drug-likeness (QED) is 0.774. The van der Waals surface area contributed by atoms with Crippen molar-refractivity contribution >= 4 is 16.7 Å². The molecule has 0 saturated heterocycles. The zero-order valence-electron chi connectivity index (χ0n) is 14.1. The van der Waals surface area contributed by atoms with Crippen LogP contribution in [-0.2, 0) is 18.0 Å². The van der Waals surface area contributed by atoms with Crippen molar-refractivity contribution in [2.45, 2.75) is 13.2 Å². The van der Waals surface area contributed by atoms with E-state index in [9.17, 15) is 0 Å². The third kappa shape index (κ3) is 3.80. The summed E-state index contributed by atoms with van der Waals surface area (Å²) in [4.78, 5) is 10.4. The molecule has 4 nitrogen and oxygen atoms in total. The molecule has 1 aliphatic heterocycles. The lowest BCUT2D eigenvalue weighted by Gasteiger charge is -2.20. The van der Waals surface area contributed by atoms with Crippen LogP contribution >= 0.6 is 0 Å². The second-order valence-electron chi connectivity index (χ2n) is 6.10. The minimum Gasteiger partial charge on any atom is -0.350 e. The summed E-state index contributed by atoms with van der Waals surface area (Å²) in [5.41, 5.74) is 2.39. The Hall–Kier alpha value is -2.85. The normalized spacial score (nSPS) is 13.9. The Morgan fingerprint density at radius 2 is 1.68 bits per heavy atom. The number of aliphatic imine (C=N–C) groups is 1. The molecule has 0 saturated carbocycles. The van der Waals surface area contributed by atoms with Gasteiger partial charge in [-0.05, 0) is 28.0 Å². The molecule has 25 heavy (non-hydrogen) atoms. The second-order valence-corrected chi connectivity index (χ2v) is 6.10. The summed E-state index contributed by atoms with van der Waals surface area (Å²) in [5, 5.41) is 7.77. The number of fused-ring (bicyclic) bond motifs is 1. The highest BCUT2D eigenvalue weighted by Gasteiger charge is 2.17. The maximum absolute atomic E-state index is 5.90. The Labute approximate surface area is 147 Å². The van der Waals surface area contributed by atoms with Crippen molar-refractivity contribution in [3.63, 3.8) is 0 Å². The molecule has 0 radical (unpaired) electrons. The summed E-state index contributed by atoms with van der Waals surface area (Å²) < 4.78 is 0. The van der Waals surface area contributed by atoms with Crippen LogP contribution in [0.25, 0.3) is 10.8 Å². The number of hydroxylamine groups is 2. The van der Waals surface area contributed by atoms with Gasteiger partial charge in [0.05, 0.1) is 13.1 Å². The molecule has 1 N–H and O–H groups in total. The van der Waals surface area contributed by atoms with Crippen molar-refractivity contribution in [1.82, 2.24) is 10.4 Å². The number of nitrogens with zero attached hydrogens (tertiary/aromatic N) is 2. The summed E-state index contributed by atoms with van der Waals surface area (Å²) in [6, 6.07) is 25.1. The van der Waals surface area contributed by atoms with E-state index < -0.39 is 0 Å². The predicted octanol–water partition coefficient (Wildman–Crippen LogP) is 3.73. The van der Waals surface area contributed by atoms with Crippen LogP contribution in [0.15, 0.2) is 77.8 Å². The Kier molecular flexibility index (Phi) is 4.61. The van der Waals surface area contributed by atoms with E-state index in [1.807, 2.05) is 23.3 Å². The van der Waals surface area contributed by atoms with E-state index in [1.54, 1.807) is 0 Å². The van der Waals surface area contributed by atoms with Gasteiger partial charge in [-0.15, -0.1) is 0 Å². The smallest absolute Gasteiger partial charge is 0.218 e. The number of benzene rings is 3. The summed E-state index contributed by atoms with van der Waals surface area (Å²) in [5.74, 6) is 0.809. The lowest BCUT2D eigenvalue weighted by molar-refractivity contribution is -0.106. The number of hydrogen-bond donors (Lipinski definition) is 1. The van der Waals surface area contributed by atoms with Crippen LogP contribution in [0.3, 0.4) is 0 Å². The van der Waals surface area contributed by atoms with Crippen LogP contribution in [0, 0.1) is 0 Å². The number of nitrogens with one attached hydrogen (secondary N) is 1. The maximum atomic E-state index is 5.90. The molecule has 0 fully saturated rings. The van der Waals surface area contributed by atoms with E-state index >= 15 is 0 Å². The number of rotatable bonds is 5. The van der Waals surface area contributed by atoms with Crippen molar-refractivity contribution in [2.75, 3.05) is 13.1 Å². The topological polar surface area (TPSA) is 36.9 Å². The molecule has 3 aromatic carbocycles. The van der Waals surface area contributed by atoms with Crippen LogP contribution in [0.2, 0.25) is 0 Å². The molecule has 0 spiro atoms. The molecular formula is C21H21N3O. The largest absolute Gasteiger partial charge is 0.350 e. The summed E-state index contributed by atoms with van der Waals surface area (Å²) in [6.07, 6.45) is 0. The van der Waals surface area contributed by atoms with Crippen LogP contribution < -0.4 is 5.32 Å². The fraction of sp³-hybridized carbons (Fsp3) is 0.190. The molecule has 126 valence electrons. The Bertz CT molecular complexity index is 876. The minimum absolute atomic E-state index is 0.553. The first-order chi connectivity index (χ1) is 12.4. The molecule has 4 rings (SSSR count). The molecule has 1 heterocycles. The van der Waals surface area contributed by atoms with Gasteiger partial charge < -0.3 is 5.32 Å². The Morgan fingerprint density at radius 1 is 0.880 bits per heavy atom. The summed E-state index contributed by atoms with van der Waals surface area (Å²) in [7, 11) is 0. The fourth-order valence-corrected chi connectivity index (χ4v) is 2.96. The van der Waals surface area contributed by atoms with Gasteiger partial charge in [-0.25, -0.2) is 10.1 Å². The first-order valence-corrected chi connectivity index (χ1v) is 8.59. The highest BCUT2D eigenvalue weighted by atomic mass is 16.7. The van der Waals surface area contributed by atoms with Gasteiger partial charge in [0, 0.05) is 6.54 Å². The number of hydrogen-bond acceptors (Lipinski definition) is 4. The predicted molar refractivity (Wildman–Crippen MR) is 101 cm³/mol. The average molecular weight is 331 g/mol. The van der Waals surface area contributed by atoms with Crippen molar-refractivity contribution in [2.24, 2.45) is 4.99 Å². The monoisotopic (exact) mass is 331 g/mol. The first kappa shape index (κ1) is 15.7. The van der Waals surface area contributed by atoms with E-state index in [0.717, 1.165) is 31.2 Å². The lowest BCUT2D eigenvalue weighted by Crippen LogP contribution is -2.37. The fourth-order valence-electron chi connectivity index (χ4n) is 2.96. The molecule has 0 amide bonds. The Balaban J connectivity index is 1.36. The van der Waals surface area contributed by atoms with Crippen LogP contribution in [0.1, 0.15) is 11.1 Å². The van der Waals surface area contributed by atoms with Crippen molar-refractivity contribution < 1.29 is 4.84 Å². The van der Waals surface area contributed by atoms with Crippen molar-refractivity contribution in [1.29, 1.82) is 0 Å². The Morgan fingerprint density at radius 3 is 2.56 bits per heavy atom. The SMILES string of the molecule is c1ccc(CON2CCN=C2NCc2ccc3ccccc3c2)cc1. The van der Waals surface area contributed by atoms with Gasteiger partial charge in [0.2, 0.25) is 5.96 Å². The van der Waals surface area contributed by atoms with Gasteiger partial charge in [0.1, 0.15) is 6.61 Å². The summed E-state index contributed by atoms with van der Waals surface area (Å²) in [6.45, 7) is 2.83. The van der Waals surface area contributed by atoms with E-state index in [1.165, 1.54) is 16.3 Å². The van der Waals surface area contributed by atoms with E-state index in [-0.39, 0.29) is 0 Å². The molecule has 0 bridgehead atoms. The van der Waals surface area contributed by atoms with Gasteiger partial charge in [0.25, 0.3) is 0 Å². The third-order valence-corrected chi connectivity index (χ3v) is 4.30.